The van der Waals surface area contributed by atoms with E-state index in [-0.39, 0.29) is 5.91 Å². The summed E-state index contributed by atoms with van der Waals surface area (Å²) in [5.41, 5.74) is 4.51. The van der Waals surface area contributed by atoms with Crippen molar-refractivity contribution < 1.29 is 4.79 Å². The van der Waals surface area contributed by atoms with E-state index in [1.54, 1.807) is 36.0 Å². The second-order valence-electron chi connectivity index (χ2n) is 4.09. The molecule has 3 rings (SSSR count). The SMILES string of the molecule is Cc1nc2sccn2c1C(=O)N/N=C\c1cccnc1. The average Bonchev–Trinajstić information content (AvgIpc) is 2.99. The summed E-state index contributed by atoms with van der Waals surface area (Å²) < 4.78 is 1.76. The third-order valence-corrected chi connectivity index (χ3v) is 3.47. The molecular formula is C13H11N5OS. The molecule has 0 radical (unpaired) electrons. The van der Waals surface area contributed by atoms with Gasteiger partial charge in [-0.1, -0.05) is 6.07 Å². The van der Waals surface area contributed by atoms with Crippen molar-refractivity contribution in [2.75, 3.05) is 0 Å². The highest BCUT2D eigenvalue weighted by molar-refractivity contribution is 7.15. The van der Waals surface area contributed by atoms with E-state index in [2.05, 4.69) is 20.5 Å². The number of aromatic nitrogens is 3. The molecule has 6 nitrogen and oxygen atoms in total. The zero-order chi connectivity index (χ0) is 13.9. The third-order valence-electron chi connectivity index (χ3n) is 2.72. The number of nitrogens with zero attached hydrogens (tertiary/aromatic N) is 4. The molecule has 0 bridgehead atoms. The molecule has 7 heteroatoms. The van der Waals surface area contributed by atoms with Crippen LogP contribution >= 0.6 is 11.3 Å². The fourth-order valence-corrected chi connectivity index (χ4v) is 2.60. The van der Waals surface area contributed by atoms with Crippen LogP contribution in [-0.4, -0.2) is 26.5 Å². The van der Waals surface area contributed by atoms with E-state index in [9.17, 15) is 4.79 Å². The first-order valence-electron chi connectivity index (χ1n) is 5.91. The Labute approximate surface area is 118 Å². The lowest BCUT2D eigenvalue weighted by molar-refractivity contribution is 0.0948. The molecule has 0 saturated carbocycles. The summed E-state index contributed by atoms with van der Waals surface area (Å²) in [7, 11) is 0. The molecule has 0 aliphatic heterocycles. The summed E-state index contributed by atoms with van der Waals surface area (Å²) in [4.78, 5) is 21.2. The maximum absolute atomic E-state index is 12.1. The topological polar surface area (TPSA) is 71.7 Å². The summed E-state index contributed by atoms with van der Waals surface area (Å²) in [5, 5.41) is 5.81. The molecule has 3 heterocycles. The lowest BCUT2D eigenvalue weighted by Crippen LogP contribution is -2.20. The molecule has 0 spiro atoms. The highest BCUT2D eigenvalue weighted by Crippen LogP contribution is 2.16. The smallest absolute Gasteiger partial charge is 0.286 e. The van der Waals surface area contributed by atoms with Gasteiger partial charge in [-0.2, -0.15) is 5.10 Å². The number of amides is 1. The molecular weight excluding hydrogens is 274 g/mol. The van der Waals surface area contributed by atoms with Gasteiger partial charge in [0.2, 0.25) is 0 Å². The number of aryl methyl sites for hydroxylation is 1. The van der Waals surface area contributed by atoms with Gasteiger partial charge in [0.15, 0.2) is 4.96 Å². The van der Waals surface area contributed by atoms with Crippen LogP contribution in [0.4, 0.5) is 0 Å². The van der Waals surface area contributed by atoms with E-state index in [1.165, 1.54) is 11.3 Å². The number of nitrogens with one attached hydrogen (secondary N) is 1. The minimum absolute atomic E-state index is 0.284. The van der Waals surface area contributed by atoms with E-state index in [4.69, 9.17) is 0 Å². The Morgan fingerprint density at radius 1 is 1.55 bits per heavy atom. The van der Waals surface area contributed by atoms with Crippen molar-refractivity contribution in [2.45, 2.75) is 6.92 Å². The van der Waals surface area contributed by atoms with Gasteiger partial charge in [-0.05, 0) is 13.0 Å². The van der Waals surface area contributed by atoms with Crippen LogP contribution in [0, 0.1) is 6.92 Å². The maximum Gasteiger partial charge on any atom is 0.290 e. The molecule has 3 aromatic rings. The second-order valence-corrected chi connectivity index (χ2v) is 4.96. The number of carbonyl (C=O) groups is 1. The number of rotatable bonds is 3. The fraction of sp³-hybridized carbons (Fsp3) is 0.0769. The Bertz CT molecular complexity index is 775. The largest absolute Gasteiger partial charge is 0.290 e. The minimum Gasteiger partial charge on any atom is -0.286 e. The molecule has 0 fully saturated rings. The second kappa shape index (κ2) is 5.22. The summed E-state index contributed by atoms with van der Waals surface area (Å²) in [6.07, 6.45) is 6.71. The maximum atomic E-state index is 12.1. The fourth-order valence-electron chi connectivity index (χ4n) is 1.84. The molecule has 0 atom stereocenters. The highest BCUT2D eigenvalue weighted by Gasteiger charge is 2.16. The molecule has 0 aliphatic carbocycles. The molecule has 3 aromatic heterocycles. The van der Waals surface area contributed by atoms with Gasteiger partial charge < -0.3 is 0 Å². The van der Waals surface area contributed by atoms with Crippen molar-refractivity contribution in [1.82, 2.24) is 19.8 Å². The van der Waals surface area contributed by atoms with Gasteiger partial charge in [0.1, 0.15) is 5.69 Å². The van der Waals surface area contributed by atoms with Crippen LogP contribution in [-0.2, 0) is 0 Å². The molecule has 0 aliphatic rings. The van der Waals surface area contributed by atoms with Crippen molar-refractivity contribution >= 4 is 28.4 Å². The molecule has 1 N–H and O–H groups in total. The molecule has 0 aromatic carbocycles. The minimum atomic E-state index is -0.284. The summed E-state index contributed by atoms with van der Waals surface area (Å²) >= 11 is 1.49. The Morgan fingerprint density at radius 3 is 3.25 bits per heavy atom. The van der Waals surface area contributed by atoms with Crippen LogP contribution in [0.2, 0.25) is 0 Å². The predicted octanol–water partition coefficient (Wildman–Crippen LogP) is 1.86. The molecule has 0 saturated heterocycles. The van der Waals surface area contributed by atoms with Gasteiger partial charge >= 0.3 is 0 Å². The lowest BCUT2D eigenvalue weighted by atomic mass is 10.3. The molecule has 20 heavy (non-hydrogen) atoms. The van der Waals surface area contributed by atoms with Crippen LogP contribution in [0.5, 0.6) is 0 Å². The Morgan fingerprint density at radius 2 is 2.45 bits per heavy atom. The lowest BCUT2D eigenvalue weighted by Gasteiger charge is -1.99. The number of pyridine rings is 1. The summed E-state index contributed by atoms with van der Waals surface area (Å²) in [6.45, 7) is 1.81. The Hall–Kier alpha value is -2.54. The van der Waals surface area contributed by atoms with Gasteiger partial charge in [-0.3, -0.25) is 14.2 Å². The predicted molar refractivity (Wildman–Crippen MR) is 77.1 cm³/mol. The van der Waals surface area contributed by atoms with Crippen molar-refractivity contribution in [2.24, 2.45) is 5.10 Å². The first-order chi connectivity index (χ1) is 9.75. The Balaban J connectivity index is 1.78. The van der Waals surface area contributed by atoms with Gasteiger partial charge in [-0.25, -0.2) is 10.4 Å². The zero-order valence-corrected chi connectivity index (χ0v) is 11.5. The molecule has 100 valence electrons. The van der Waals surface area contributed by atoms with E-state index in [0.29, 0.717) is 11.4 Å². The number of imidazole rings is 1. The van der Waals surface area contributed by atoms with E-state index in [0.717, 1.165) is 10.5 Å². The monoisotopic (exact) mass is 285 g/mol. The number of carbonyl (C=O) groups excluding carboxylic acids is 1. The normalized spacial score (nSPS) is 11.2. The number of hydrogen-bond donors (Lipinski definition) is 1. The van der Waals surface area contributed by atoms with Gasteiger partial charge in [0, 0.05) is 29.5 Å². The van der Waals surface area contributed by atoms with Crippen molar-refractivity contribution in [3.05, 3.63) is 53.1 Å². The van der Waals surface area contributed by atoms with E-state index >= 15 is 0 Å². The van der Waals surface area contributed by atoms with Crippen LogP contribution in [0.25, 0.3) is 4.96 Å². The zero-order valence-electron chi connectivity index (χ0n) is 10.6. The Kier molecular flexibility index (Phi) is 3.26. The standard InChI is InChI=1S/C13H11N5OS/c1-9-11(18-5-6-20-13(18)16-9)12(19)17-15-8-10-3-2-4-14-7-10/h2-8H,1H3,(H,17,19)/b15-8-. The van der Waals surface area contributed by atoms with Crippen LogP contribution in [0.15, 0.2) is 41.2 Å². The highest BCUT2D eigenvalue weighted by atomic mass is 32.1. The van der Waals surface area contributed by atoms with E-state index in [1.807, 2.05) is 17.6 Å². The number of hydrazone groups is 1. The quantitative estimate of drug-likeness (QED) is 0.590. The average molecular weight is 285 g/mol. The van der Waals surface area contributed by atoms with Crippen molar-refractivity contribution in [3.8, 4) is 0 Å². The number of fused-ring (bicyclic) bond motifs is 1. The van der Waals surface area contributed by atoms with Gasteiger partial charge in [-0.15, -0.1) is 11.3 Å². The van der Waals surface area contributed by atoms with Crippen molar-refractivity contribution in [3.63, 3.8) is 0 Å². The van der Waals surface area contributed by atoms with Crippen LogP contribution < -0.4 is 5.43 Å². The van der Waals surface area contributed by atoms with Gasteiger partial charge in [0.05, 0.1) is 11.9 Å². The first-order valence-corrected chi connectivity index (χ1v) is 6.79. The third kappa shape index (κ3) is 2.30. The van der Waals surface area contributed by atoms with E-state index < -0.39 is 0 Å². The summed E-state index contributed by atoms with van der Waals surface area (Å²) in [6, 6.07) is 3.66. The van der Waals surface area contributed by atoms with Gasteiger partial charge in [0.25, 0.3) is 5.91 Å². The molecule has 0 unspecified atom stereocenters. The number of thiazole rings is 1. The first kappa shape index (κ1) is 12.5. The van der Waals surface area contributed by atoms with Crippen LogP contribution in [0.3, 0.4) is 0 Å². The summed E-state index contributed by atoms with van der Waals surface area (Å²) in [5.74, 6) is -0.284. The number of hydrogen-bond acceptors (Lipinski definition) is 5. The van der Waals surface area contributed by atoms with Crippen molar-refractivity contribution in [1.29, 1.82) is 0 Å². The molecule has 1 amide bonds. The van der Waals surface area contributed by atoms with Crippen LogP contribution in [0.1, 0.15) is 21.7 Å².